The Hall–Kier alpha value is -2.90. The Kier molecular flexibility index (Phi) is 5.43. The number of nitrogens with one attached hydrogen (secondary N) is 1. The van der Waals surface area contributed by atoms with Gasteiger partial charge in [-0.25, -0.2) is 4.79 Å². The second kappa shape index (κ2) is 7.77. The maximum absolute atomic E-state index is 12.8. The number of benzene rings is 1. The molecular weight excluding hydrogens is 350 g/mol. The van der Waals surface area contributed by atoms with E-state index in [1.165, 1.54) is 4.57 Å². The first-order valence-electron chi connectivity index (χ1n) is 9.14. The molecule has 8 nitrogen and oxygen atoms in total. The number of amides is 2. The van der Waals surface area contributed by atoms with Crippen molar-refractivity contribution in [1.82, 2.24) is 14.5 Å². The number of aliphatic carboxylic acids is 1. The predicted octanol–water partition coefficient (Wildman–Crippen LogP) is 1.51. The molecule has 27 heavy (non-hydrogen) atoms. The summed E-state index contributed by atoms with van der Waals surface area (Å²) in [6, 6.07) is 4.93. The lowest BCUT2D eigenvalue weighted by molar-refractivity contribution is -0.137. The monoisotopic (exact) mass is 373 g/mol. The fourth-order valence-electron chi connectivity index (χ4n) is 3.72. The van der Waals surface area contributed by atoms with E-state index >= 15 is 0 Å². The van der Waals surface area contributed by atoms with Gasteiger partial charge < -0.3 is 5.11 Å². The van der Waals surface area contributed by atoms with Crippen molar-refractivity contribution in [2.45, 2.75) is 51.0 Å². The molecule has 2 aromatic rings. The molecular formula is C19H23N3O5. The van der Waals surface area contributed by atoms with E-state index in [9.17, 15) is 19.2 Å². The molecule has 1 saturated heterocycles. The van der Waals surface area contributed by atoms with Gasteiger partial charge >= 0.3 is 11.7 Å². The van der Waals surface area contributed by atoms with Crippen molar-refractivity contribution >= 4 is 28.8 Å². The van der Waals surface area contributed by atoms with Gasteiger partial charge in [-0.15, -0.1) is 0 Å². The van der Waals surface area contributed by atoms with Crippen molar-refractivity contribution in [3.63, 3.8) is 0 Å². The molecule has 1 aromatic carbocycles. The van der Waals surface area contributed by atoms with Gasteiger partial charge in [-0.05, 0) is 37.3 Å². The molecule has 0 saturated carbocycles. The summed E-state index contributed by atoms with van der Waals surface area (Å²) in [5.74, 6) is -1.55. The summed E-state index contributed by atoms with van der Waals surface area (Å²) in [5, 5.41) is 11.0. The molecule has 1 fully saturated rings. The summed E-state index contributed by atoms with van der Waals surface area (Å²) in [7, 11) is 1.68. The number of unbranched alkanes of at least 4 members (excludes halogenated alkanes) is 2. The number of carboxylic acids is 1. The Morgan fingerprint density at radius 2 is 2.00 bits per heavy atom. The first-order chi connectivity index (χ1) is 12.9. The van der Waals surface area contributed by atoms with E-state index < -0.39 is 17.9 Å². The minimum Gasteiger partial charge on any atom is -0.481 e. The maximum Gasteiger partial charge on any atom is 0.329 e. The largest absolute Gasteiger partial charge is 0.481 e. The Morgan fingerprint density at radius 1 is 1.22 bits per heavy atom. The maximum atomic E-state index is 12.8. The van der Waals surface area contributed by atoms with Crippen molar-refractivity contribution in [2.24, 2.45) is 7.05 Å². The van der Waals surface area contributed by atoms with Gasteiger partial charge in [0, 0.05) is 19.9 Å². The summed E-state index contributed by atoms with van der Waals surface area (Å²) >= 11 is 0. The van der Waals surface area contributed by atoms with Gasteiger partial charge in [0.2, 0.25) is 11.8 Å². The average Bonchev–Trinajstić information content (AvgIpc) is 2.87. The van der Waals surface area contributed by atoms with Gasteiger partial charge in [0.05, 0.1) is 11.0 Å². The second-order valence-electron chi connectivity index (χ2n) is 6.92. The standard InChI is InChI=1S/C19H23N3O5/c1-21-17-12(6-3-2-4-9-16(24)25)7-5-8-13(17)22(19(21)27)14-10-11-15(23)20-18(14)26/h5,7-8,14H,2-4,6,9-11H2,1H3,(H,24,25)(H,20,23,26). The van der Waals surface area contributed by atoms with Gasteiger partial charge in [0.1, 0.15) is 6.04 Å². The highest BCUT2D eigenvalue weighted by atomic mass is 16.4. The van der Waals surface area contributed by atoms with Crippen LogP contribution in [0.2, 0.25) is 0 Å². The molecule has 2 N–H and O–H groups in total. The number of imidazole rings is 1. The lowest BCUT2D eigenvalue weighted by atomic mass is 10.0. The molecule has 3 rings (SSSR count). The Balaban J connectivity index is 1.89. The molecule has 144 valence electrons. The first kappa shape index (κ1) is 18.9. The summed E-state index contributed by atoms with van der Waals surface area (Å²) in [4.78, 5) is 47.1. The number of carbonyl (C=O) groups excluding carboxylic acids is 2. The number of imide groups is 1. The molecule has 1 unspecified atom stereocenters. The van der Waals surface area contributed by atoms with E-state index in [4.69, 9.17) is 5.11 Å². The third-order valence-corrected chi connectivity index (χ3v) is 5.04. The van der Waals surface area contributed by atoms with E-state index in [0.717, 1.165) is 30.3 Å². The number of piperidine rings is 1. The lowest BCUT2D eigenvalue weighted by Gasteiger charge is -2.21. The van der Waals surface area contributed by atoms with Crippen LogP contribution in [0.5, 0.6) is 0 Å². The number of carbonyl (C=O) groups is 3. The zero-order chi connectivity index (χ0) is 19.6. The summed E-state index contributed by atoms with van der Waals surface area (Å²) in [5.41, 5.74) is 2.18. The van der Waals surface area contributed by atoms with Crippen LogP contribution >= 0.6 is 0 Å². The minimum absolute atomic E-state index is 0.161. The molecule has 8 heteroatoms. The molecule has 1 atom stereocenters. The number of para-hydroxylation sites is 1. The summed E-state index contributed by atoms with van der Waals surface area (Å²) in [6.45, 7) is 0. The molecule has 0 radical (unpaired) electrons. The van der Waals surface area contributed by atoms with Crippen LogP contribution in [-0.2, 0) is 27.9 Å². The molecule has 1 aliphatic rings. The molecule has 1 aromatic heterocycles. The fourth-order valence-corrected chi connectivity index (χ4v) is 3.72. The summed E-state index contributed by atoms with van der Waals surface area (Å²) in [6.07, 6.45) is 3.65. The topological polar surface area (TPSA) is 110 Å². The quantitative estimate of drug-likeness (QED) is 0.564. The van der Waals surface area contributed by atoms with E-state index in [0.29, 0.717) is 18.4 Å². The summed E-state index contributed by atoms with van der Waals surface area (Å²) < 4.78 is 3.02. The minimum atomic E-state index is -0.791. The number of hydrogen-bond acceptors (Lipinski definition) is 4. The number of aryl methyl sites for hydroxylation is 2. The number of nitrogens with zero attached hydrogens (tertiary/aromatic N) is 2. The van der Waals surface area contributed by atoms with Gasteiger partial charge in [-0.1, -0.05) is 18.6 Å². The van der Waals surface area contributed by atoms with Crippen LogP contribution in [0.25, 0.3) is 11.0 Å². The predicted molar refractivity (Wildman–Crippen MR) is 98.4 cm³/mol. The highest BCUT2D eigenvalue weighted by Crippen LogP contribution is 2.25. The Bertz CT molecular complexity index is 956. The van der Waals surface area contributed by atoms with Crippen molar-refractivity contribution in [3.05, 3.63) is 34.2 Å². The molecule has 0 spiro atoms. The lowest BCUT2D eigenvalue weighted by Crippen LogP contribution is -2.44. The van der Waals surface area contributed by atoms with Gasteiger partial charge in [-0.3, -0.25) is 28.8 Å². The number of hydrogen-bond donors (Lipinski definition) is 2. The smallest absolute Gasteiger partial charge is 0.329 e. The normalized spacial score (nSPS) is 17.3. The third-order valence-electron chi connectivity index (χ3n) is 5.04. The van der Waals surface area contributed by atoms with E-state index in [2.05, 4.69) is 5.32 Å². The van der Waals surface area contributed by atoms with Gasteiger partial charge in [0.15, 0.2) is 0 Å². The Labute approximate surface area is 155 Å². The van der Waals surface area contributed by atoms with Crippen molar-refractivity contribution in [1.29, 1.82) is 0 Å². The Morgan fingerprint density at radius 3 is 2.70 bits per heavy atom. The van der Waals surface area contributed by atoms with E-state index in [1.54, 1.807) is 11.6 Å². The average molecular weight is 373 g/mol. The van der Waals surface area contributed by atoms with Crippen LogP contribution in [0.1, 0.15) is 50.1 Å². The van der Waals surface area contributed by atoms with Crippen LogP contribution in [0.4, 0.5) is 0 Å². The van der Waals surface area contributed by atoms with Crippen LogP contribution in [-0.4, -0.2) is 32.0 Å². The highest BCUT2D eigenvalue weighted by Gasteiger charge is 2.31. The fraction of sp³-hybridized carbons (Fsp3) is 0.474. The zero-order valence-corrected chi connectivity index (χ0v) is 15.2. The van der Waals surface area contributed by atoms with Crippen molar-refractivity contribution in [3.8, 4) is 0 Å². The van der Waals surface area contributed by atoms with E-state index in [1.807, 2.05) is 18.2 Å². The number of rotatable bonds is 7. The van der Waals surface area contributed by atoms with Gasteiger partial charge in [-0.2, -0.15) is 0 Å². The second-order valence-corrected chi connectivity index (χ2v) is 6.92. The number of aromatic nitrogens is 2. The van der Waals surface area contributed by atoms with Crippen LogP contribution in [0.15, 0.2) is 23.0 Å². The third kappa shape index (κ3) is 3.79. The zero-order valence-electron chi connectivity index (χ0n) is 15.2. The molecule has 2 heterocycles. The number of carboxylic acid groups (broad SMARTS) is 1. The van der Waals surface area contributed by atoms with Crippen LogP contribution < -0.4 is 11.0 Å². The first-order valence-corrected chi connectivity index (χ1v) is 9.14. The molecule has 0 bridgehead atoms. The molecule has 1 aliphatic heterocycles. The van der Waals surface area contributed by atoms with Crippen LogP contribution in [0.3, 0.4) is 0 Å². The van der Waals surface area contributed by atoms with Crippen LogP contribution in [0, 0.1) is 0 Å². The van der Waals surface area contributed by atoms with Gasteiger partial charge in [0.25, 0.3) is 0 Å². The van der Waals surface area contributed by atoms with Crippen molar-refractivity contribution in [2.75, 3.05) is 0 Å². The van der Waals surface area contributed by atoms with E-state index in [-0.39, 0.29) is 24.4 Å². The SMILES string of the molecule is Cn1c(=O)n(C2CCC(=O)NC2=O)c2cccc(CCCCCC(=O)O)c21. The number of fused-ring (bicyclic) bond motifs is 1. The molecule has 2 amide bonds. The van der Waals surface area contributed by atoms with Crippen molar-refractivity contribution < 1.29 is 19.5 Å². The highest BCUT2D eigenvalue weighted by molar-refractivity contribution is 6.00. The molecule has 0 aliphatic carbocycles.